The minimum Gasteiger partial charge on any atom is -0.491 e. The zero-order valence-electron chi connectivity index (χ0n) is 9.42. The highest BCUT2D eigenvalue weighted by molar-refractivity contribution is 5.53. The Morgan fingerprint density at radius 1 is 1.36 bits per heavy atom. The first-order valence-electron chi connectivity index (χ1n) is 5.14. The summed E-state index contributed by atoms with van der Waals surface area (Å²) in [5.74, 6) is 0.944. The molecule has 0 aliphatic heterocycles. The van der Waals surface area contributed by atoms with Crippen LogP contribution in [0.15, 0.2) is 18.2 Å². The Hall–Kier alpha value is -1.18. The molecule has 0 radical (unpaired) electrons. The Bertz CT molecular complexity index is 294. The fourth-order valence-electron chi connectivity index (χ4n) is 1.37. The molecule has 14 heavy (non-hydrogen) atoms. The van der Waals surface area contributed by atoms with Gasteiger partial charge in [-0.25, -0.2) is 0 Å². The second-order valence-corrected chi connectivity index (χ2v) is 3.67. The molecule has 0 amide bonds. The summed E-state index contributed by atoms with van der Waals surface area (Å²) in [6, 6.07) is 6.14. The number of benzene rings is 1. The molecular weight excluding hydrogens is 174 g/mol. The van der Waals surface area contributed by atoms with Gasteiger partial charge in [-0.15, -0.1) is 0 Å². The highest BCUT2D eigenvalue weighted by atomic mass is 16.5. The van der Waals surface area contributed by atoms with Crippen LogP contribution in [-0.2, 0) is 0 Å². The van der Waals surface area contributed by atoms with Crippen molar-refractivity contribution in [1.82, 2.24) is 0 Å². The van der Waals surface area contributed by atoms with Gasteiger partial charge in [-0.05, 0) is 51.5 Å². The normalized spacial score (nSPS) is 10.4. The first-order chi connectivity index (χ1) is 6.63. The number of hydrogen-bond acceptors (Lipinski definition) is 2. The van der Waals surface area contributed by atoms with Gasteiger partial charge in [0, 0.05) is 12.2 Å². The predicted molar refractivity (Wildman–Crippen MR) is 61.1 cm³/mol. The quantitative estimate of drug-likeness (QED) is 0.792. The number of nitrogens with one attached hydrogen (secondary N) is 1. The monoisotopic (exact) mass is 193 g/mol. The SMILES string of the molecule is CCNc1ccc(OC(C)C)cc1C. The van der Waals surface area contributed by atoms with Gasteiger partial charge in [-0.3, -0.25) is 0 Å². The van der Waals surface area contributed by atoms with Crippen LogP contribution >= 0.6 is 0 Å². The average Bonchev–Trinajstić information content (AvgIpc) is 2.09. The van der Waals surface area contributed by atoms with Crippen LogP contribution in [0.4, 0.5) is 5.69 Å². The molecule has 1 rings (SSSR count). The summed E-state index contributed by atoms with van der Waals surface area (Å²) in [5.41, 5.74) is 2.41. The Morgan fingerprint density at radius 3 is 2.57 bits per heavy atom. The van der Waals surface area contributed by atoms with E-state index >= 15 is 0 Å². The Labute approximate surface area is 86.3 Å². The van der Waals surface area contributed by atoms with Crippen molar-refractivity contribution in [2.24, 2.45) is 0 Å². The molecule has 78 valence electrons. The summed E-state index contributed by atoms with van der Waals surface area (Å²) in [5, 5.41) is 3.30. The van der Waals surface area contributed by atoms with Crippen LogP contribution < -0.4 is 10.1 Å². The lowest BCUT2D eigenvalue weighted by atomic mass is 10.2. The van der Waals surface area contributed by atoms with Gasteiger partial charge in [-0.2, -0.15) is 0 Å². The third-order valence-electron chi connectivity index (χ3n) is 1.94. The summed E-state index contributed by atoms with van der Waals surface area (Å²) in [4.78, 5) is 0. The van der Waals surface area contributed by atoms with Crippen molar-refractivity contribution >= 4 is 5.69 Å². The Morgan fingerprint density at radius 2 is 2.07 bits per heavy atom. The summed E-state index contributed by atoms with van der Waals surface area (Å²) in [7, 11) is 0. The molecule has 0 aliphatic carbocycles. The highest BCUT2D eigenvalue weighted by Crippen LogP contribution is 2.21. The molecule has 0 bridgehead atoms. The van der Waals surface area contributed by atoms with Crippen LogP contribution in [0, 0.1) is 6.92 Å². The molecule has 0 saturated heterocycles. The smallest absolute Gasteiger partial charge is 0.120 e. The van der Waals surface area contributed by atoms with Crippen molar-refractivity contribution < 1.29 is 4.74 Å². The number of ether oxygens (including phenoxy) is 1. The molecule has 1 aromatic carbocycles. The van der Waals surface area contributed by atoms with E-state index in [2.05, 4.69) is 31.3 Å². The predicted octanol–water partition coefficient (Wildman–Crippen LogP) is 3.21. The molecule has 1 aromatic rings. The van der Waals surface area contributed by atoms with Gasteiger partial charge in [0.15, 0.2) is 0 Å². The van der Waals surface area contributed by atoms with E-state index < -0.39 is 0 Å². The number of anilines is 1. The summed E-state index contributed by atoms with van der Waals surface area (Å²) >= 11 is 0. The van der Waals surface area contributed by atoms with Crippen molar-refractivity contribution in [2.75, 3.05) is 11.9 Å². The van der Waals surface area contributed by atoms with E-state index in [9.17, 15) is 0 Å². The molecule has 1 N–H and O–H groups in total. The number of rotatable bonds is 4. The maximum atomic E-state index is 5.60. The first kappa shape index (κ1) is 10.9. The van der Waals surface area contributed by atoms with E-state index in [1.54, 1.807) is 0 Å². The summed E-state index contributed by atoms with van der Waals surface area (Å²) < 4.78 is 5.60. The molecule has 0 saturated carbocycles. The van der Waals surface area contributed by atoms with E-state index in [0.29, 0.717) is 0 Å². The van der Waals surface area contributed by atoms with Crippen LogP contribution in [0.25, 0.3) is 0 Å². The highest BCUT2D eigenvalue weighted by Gasteiger charge is 2.01. The molecule has 0 heterocycles. The first-order valence-corrected chi connectivity index (χ1v) is 5.14. The van der Waals surface area contributed by atoms with E-state index in [4.69, 9.17) is 4.74 Å². The van der Waals surface area contributed by atoms with Gasteiger partial charge in [0.2, 0.25) is 0 Å². The molecule has 2 nitrogen and oxygen atoms in total. The van der Waals surface area contributed by atoms with E-state index in [-0.39, 0.29) is 6.10 Å². The maximum Gasteiger partial charge on any atom is 0.120 e. The Kier molecular flexibility index (Phi) is 3.81. The van der Waals surface area contributed by atoms with E-state index in [1.165, 1.54) is 11.3 Å². The minimum atomic E-state index is 0.236. The minimum absolute atomic E-state index is 0.236. The van der Waals surface area contributed by atoms with Gasteiger partial charge >= 0.3 is 0 Å². The second-order valence-electron chi connectivity index (χ2n) is 3.67. The van der Waals surface area contributed by atoms with Crippen LogP contribution in [0.3, 0.4) is 0 Å². The molecule has 0 spiro atoms. The van der Waals surface area contributed by atoms with Crippen molar-refractivity contribution in [2.45, 2.75) is 33.8 Å². The van der Waals surface area contributed by atoms with Crippen molar-refractivity contribution in [1.29, 1.82) is 0 Å². The molecule has 0 aliphatic rings. The van der Waals surface area contributed by atoms with Gasteiger partial charge in [0.25, 0.3) is 0 Å². The molecule has 0 aromatic heterocycles. The van der Waals surface area contributed by atoms with Gasteiger partial charge < -0.3 is 10.1 Å². The van der Waals surface area contributed by atoms with Crippen LogP contribution in [0.2, 0.25) is 0 Å². The lowest BCUT2D eigenvalue weighted by molar-refractivity contribution is 0.242. The van der Waals surface area contributed by atoms with Crippen LogP contribution in [0.5, 0.6) is 5.75 Å². The largest absolute Gasteiger partial charge is 0.491 e. The van der Waals surface area contributed by atoms with Crippen molar-refractivity contribution in [3.63, 3.8) is 0 Å². The topological polar surface area (TPSA) is 21.3 Å². The zero-order valence-corrected chi connectivity index (χ0v) is 9.42. The molecule has 0 unspecified atom stereocenters. The average molecular weight is 193 g/mol. The van der Waals surface area contributed by atoms with Crippen molar-refractivity contribution in [3.8, 4) is 5.75 Å². The lowest BCUT2D eigenvalue weighted by Gasteiger charge is -2.12. The third kappa shape index (κ3) is 2.95. The number of aryl methyl sites for hydroxylation is 1. The zero-order chi connectivity index (χ0) is 10.6. The molecular formula is C12H19NO. The Balaban J connectivity index is 2.78. The van der Waals surface area contributed by atoms with Crippen LogP contribution in [0.1, 0.15) is 26.3 Å². The summed E-state index contributed by atoms with van der Waals surface area (Å²) in [6.07, 6.45) is 0.236. The summed E-state index contributed by atoms with van der Waals surface area (Å²) in [6.45, 7) is 9.20. The fraction of sp³-hybridized carbons (Fsp3) is 0.500. The molecule has 0 fully saturated rings. The van der Waals surface area contributed by atoms with Gasteiger partial charge in [0.05, 0.1) is 6.10 Å². The lowest BCUT2D eigenvalue weighted by Crippen LogP contribution is -2.06. The van der Waals surface area contributed by atoms with Crippen molar-refractivity contribution in [3.05, 3.63) is 23.8 Å². The van der Waals surface area contributed by atoms with Gasteiger partial charge in [0.1, 0.15) is 5.75 Å². The second kappa shape index (κ2) is 4.89. The van der Waals surface area contributed by atoms with E-state index in [0.717, 1.165) is 12.3 Å². The van der Waals surface area contributed by atoms with Gasteiger partial charge in [-0.1, -0.05) is 0 Å². The molecule has 2 heteroatoms. The van der Waals surface area contributed by atoms with Crippen LogP contribution in [-0.4, -0.2) is 12.6 Å². The molecule has 0 atom stereocenters. The van der Waals surface area contributed by atoms with E-state index in [1.807, 2.05) is 19.9 Å². The third-order valence-corrected chi connectivity index (χ3v) is 1.94. The fourth-order valence-corrected chi connectivity index (χ4v) is 1.37. The standard InChI is InChI=1S/C12H19NO/c1-5-13-12-7-6-11(8-10(12)4)14-9(2)3/h6-9,13H,5H2,1-4H3. The number of hydrogen-bond donors (Lipinski definition) is 1. The maximum absolute atomic E-state index is 5.60.